The van der Waals surface area contributed by atoms with Gasteiger partial charge >= 0.3 is 6.18 Å². The minimum Gasteiger partial charge on any atom is -0.352 e. The number of benzene rings is 2. The number of aryl methyl sites for hydroxylation is 1. The molecule has 0 atom stereocenters. The Hall–Kier alpha value is -3.60. The summed E-state index contributed by atoms with van der Waals surface area (Å²) in [6.45, 7) is 1.84. The Morgan fingerprint density at radius 3 is 2.75 bits per heavy atom. The highest BCUT2D eigenvalue weighted by atomic mass is 35.5. The maximum Gasteiger partial charge on any atom is 0.417 e. The second-order valence-corrected chi connectivity index (χ2v) is 7.26. The first-order chi connectivity index (χ1) is 15.2. The Morgan fingerprint density at radius 2 is 2.03 bits per heavy atom. The van der Waals surface area contributed by atoms with Crippen molar-refractivity contribution in [2.75, 3.05) is 11.9 Å². The lowest BCUT2D eigenvalue weighted by molar-refractivity contribution is -0.137. The summed E-state index contributed by atoms with van der Waals surface area (Å²) < 4.78 is 42.2. The van der Waals surface area contributed by atoms with Gasteiger partial charge in [-0.1, -0.05) is 17.7 Å². The molecule has 8 nitrogen and oxygen atoms in total. The smallest absolute Gasteiger partial charge is 0.352 e. The van der Waals surface area contributed by atoms with Crippen LogP contribution < -0.4 is 10.6 Å². The number of halogens is 4. The molecule has 2 aromatic heterocycles. The van der Waals surface area contributed by atoms with Crippen molar-refractivity contribution in [2.45, 2.75) is 13.1 Å². The van der Waals surface area contributed by atoms with Gasteiger partial charge < -0.3 is 10.6 Å². The first-order valence-electron chi connectivity index (χ1n) is 9.48. The standard InChI is InChI=1S/C20H17ClF3N7O/c1-3-25-18(32)11-5-4-10(8-13(11)20(22,23)24)17-28-19(31(2)30-17)27-15-7-6-14-12(16(15)21)9-26-29-14/h4-9H,3H2,1-2H3,(H,25,32)(H,26,29)(H,27,28,30). The predicted molar refractivity (Wildman–Crippen MR) is 114 cm³/mol. The minimum atomic E-state index is -4.72. The van der Waals surface area contributed by atoms with Crippen LogP contribution >= 0.6 is 11.6 Å². The fraction of sp³-hybridized carbons (Fsp3) is 0.200. The molecular formula is C20H17ClF3N7O. The van der Waals surface area contributed by atoms with Crippen LogP contribution in [0, 0.1) is 0 Å². The van der Waals surface area contributed by atoms with Crippen molar-refractivity contribution in [3.05, 3.63) is 52.7 Å². The highest BCUT2D eigenvalue weighted by molar-refractivity contribution is 6.38. The number of nitrogens with one attached hydrogen (secondary N) is 3. The van der Waals surface area contributed by atoms with Crippen LogP contribution in [0.3, 0.4) is 0 Å². The molecule has 0 unspecified atom stereocenters. The number of rotatable bonds is 5. The van der Waals surface area contributed by atoms with Crippen molar-refractivity contribution in [3.63, 3.8) is 0 Å². The Morgan fingerprint density at radius 1 is 1.25 bits per heavy atom. The van der Waals surface area contributed by atoms with E-state index in [-0.39, 0.29) is 23.9 Å². The SMILES string of the molecule is CCNC(=O)c1ccc(-c2nc(Nc3ccc4[nH]ncc4c3Cl)n(C)n2)cc1C(F)(F)F. The zero-order chi connectivity index (χ0) is 23.0. The summed E-state index contributed by atoms with van der Waals surface area (Å²) in [6, 6.07) is 6.87. The van der Waals surface area contributed by atoms with Gasteiger partial charge in [-0.2, -0.15) is 23.3 Å². The molecule has 0 aliphatic carbocycles. The quantitative estimate of drug-likeness (QED) is 0.404. The molecule has 166 valence electrons. The number of alkyl halides is 3. The maximum atomic E-state index is 13.6. The van der Waals surface area contributed by atoms with Crippen LogP contribution in [0.1, 0.15) is 22.8 Å². The van der Waals surface area contributed by atoms with E-state index in [0.717, 1.165) is 17.6 Å². The number of amides is 1. The normalized spacial score (nSPS) is 11.7. The van der Waals surface area contributed by atoms with Gasteiger partial charge in [0.15, 0.2) is 5.82 Å². The van der Waals surface area contributed by atoms with Crippen molar-refractivity contribution in [3.8, 4) is 11.4 Å². The van der Waals surface area contributed by atoms with Gasteiger partial charge in [0.25, 0.3) is 5.91 Å². The lowest BCUT2D eigenvalue weighted by Crippen LogP contribution is -2.26. The van der Waals surface area contributed by atoms with E-state index in [1.807, 2.05) is 0 Å². The van der Waals surface area contributed by atoms with Gasteiger partial charge in [0.1, 0.15) is 0 Å². The number of carbonyl (C=O) groups excluding carboxylic acids is 1. The van der Waals surface area contributed by atoms with Crippen molar-refractivity contribution in [2.24, 2.45) is 7.05 Å². The van der Waals surface area contributed by atoms with Gasteiger partial charge in [-0.15, -0.1) is 5.10 Å². The van der Waals surface area contributed by atoms with Crippen molar-refractivity contribution in [1.82, 2.24) is 30.3 Å². The fourth-order valence-electron chi connectivity index (χ4n) is 3.19. The third-order valence-corrected chi connectivity index (χ3v) is 5.14. The molecule has 12 heteroatoms. The molecule has 1 amide bonds. The lowest BCUT2D eigenvalue weighted by atomic mass is 10.0. The van der Waals surface area contributed by atoms with Gasteiger partial charge in [0.05, 0.1) is 33.6 Å². The van der Waals surface area contributed by atoms with Crippen LogP contribution in [0.25, 0.3) is 22.3 Å². The van der Waals surface area contributed by atoms with E-state index < -0.39 is 23.2 Å². The number of aromatic amines is 1. The number of anilines is 2. The monoisotopic (exact) mass is 463 g/mol. The summed E-state index contributed by atoms with van der Waals surface area (Å²) in [6.07, 6.45) is -3.14. The van der Waals surface area contributed by atoms with Gasteiger partial charge in [-0.05, 0) is 31.2 Å². The summed E-state index contributed by atoms with van der Waals surface area (Å²) in [5, 5.41) is 17.5. The predicted octanol–water partition coefficient (Wildman–Crippen LogP) is 4.52. The first kappa shape index (κ1) is 21.6. The Balaban J connectivity index is 1.70. The number of hydrogen-bond acceptors (Lipinski definition) is 5. The molecule has 0 radical (unpaired) electrons. The number of aromatic nitrogens is 5. The molecule has 4 aromatic rings. The lowest BCUT2D eigenvalue weighted by Gasteiger charge is -2.13. The van der Waals surface area contributed by atoms with Crippen molar-refractivity contribution < 1.29 is 18.0 Å². The third-order valence-electron chi connectivity index (χ3n) is 4.73. The highest BCUT2D eigenvalue weighted by Gasteiger charge is 2.35. The van der Waals surface area contributed by atoms with Gasteiger partial charge in [-0.25, -0.2) is 4.68 Å². The summed E-state index contributed by atoms with van der Waals surface area (Å²) in [4.78, 5) is 16.4. The largest absolute Gasteiger partial charge is 0.417 e. The zero-order valence-corrected chi connectivity index (χ0v) is 17.6. The molecule has 0 aliphatic heterocycles. The Labute approximate surface area is 184 Å². The molecule has 2 aromatic carbocycles. The van der Waals surface area contributed by atoms with E-state index in [2.05, 4.69) is 30.9 Å². The number of carbonyl (C=O) groups is 1. The molecule has 0 saturated heterocycles. The van der Waals surface area contributed by atoms with Crippen molar-refractivity contribution in [1.29, 1.82) is 0 Å². The van der Waals surface area contributed by atoms with Crippen LogP contribution in [0.5, 0.6) is 0 Å². The first-order valence-corrected chi connectivity index (χ1v) is 9.86. The molecule has 0 bridgehead atoms. The van der Waals surface area contributed by atoms with E-state index >= 15 is 0 Å². The molecule has 3 N–H and O–H groups in total. The topological polar surface area (TPSA) is 101 Å². The van der Waals surface area contributed by atoms with Gasteiger partial charge in [-0.3, -0.25) is 9.89 Å². The fourth-order valence-corrected chi connectivity index (χ4v) is 3.45. The average molecular weight is 464 g/mol. The minimum absolute atomic E-state index is 0.0588. The van der Waals surface area contributed by atoms with Crippen LogP contribution in [-0.4, -0.2) is 37.4 Å². The van der Waals surface area contributed by atoms with E-state index in [0.29, 0.717) is 16.1 Å². The number of H-pyrrole nitrogens is 1. The van der Waals surface area contributed by atoms with Gasteiger partial charge in [0.2, 0.25) is 5.95 Å². The van der Waals surface area contributed by atoms with Crippen LogP contribution in [0.15, 0.2) is 36.5 Å². The third kappa shape index (κ3) is 3.98. The maximum absolute atomic E-state index is 13.6. The second-order valence-electron chi connectivity index (χ2n) is 6.88. The van der Waals surface area contributed by atoms with E-state index in [1.54, 1.807) is 32.3 Å². The van der Waals surface area contributed by atoms with Crippen LogP contribution in [0.2, 0.25) is 5.02 Å². The number of nitrogens with zero attached hydrogens (tertiary/aromatic N) is 4. The Kier molecular flexibility index (Phi) is 5.51. The number of hydrogen-bond donors (Lipinski definition) is 3. The summed E-state index contributed by atoms with van der Waals surface area (Å²) >= 11 is 6.41. The summed E-state index contributed by atoms with van der Waals surface area (Å²) in [7, 11) is 1.59. The summed E-state index contributed by atoms with van der Waals surface area (Å²) in [5.74, 6) is -0.471. The average Bonchev–Trinajstić information content (AvgIpc) is 3.36. The molecule has 0 saturated carbocycles. The number of fused-ring (bicyclic) bond motifs is 1. The molecule has 32 heavy (non-hydrogen) atoms. The highest BCUT2D eigenvalue weighted by Crippen LogP contribution is 2.35. The van der Waals surface area contributed by atoms with E-state index in [9.17, 15) is 18.0 Å². The molecule has 2 heterocycles. The molecular weight excluding hydrogens is 447 g/mol. The van der Waals surface area contributed by atoms with Gasteiger partial charge in [0, 0.05) is 24.5 Å². The second kappa shape index (κ2) is 8.15. The molecule has 4 rings (SSSR count). The zero-order valence-electron chi connectivity index (χ0n) is 16.9. The van der Waals surface area contributed by atoms with Crippen LogP contribution in [-0.2, 0) is 13.2 Å². The van der Waals surface area contributed by atoms with Crippen LogP contribution in [0.4, 0.5) is 24.8 Å². The van der Waals surface area contributed by atoms with Crippen molar-refractivity contribution >= 4 is 40.0 Å². The summed E-state index contributed by atoms with van der Waals surface area (Å²) in [5.41, 5.74) is -0.115. The molecule has 0 spiro atoms. The Bertz CT molecular complexity index is 1310. The van der Waals surface area contributed by atoms with E-state index in [4.69, 9.17) is 11.6 Å². The molecule has 0 fully saturated rings. The van der Waals surface area contributed by atoms with E-state index in [1.165, 1.54) is 10.7 Å². The molecule has 0 aliphatic rings.